The molecule has 1 aliphatic rings. The van der Waals surface area contributed by atoms with E-state index in [0.29, 0.717) is 11.8 Å². The molecule has 1 rings (SSSR count). The molecule has 3 atom stereocenters. The van der Waals surface area contributed by atoms with E-state index in [1.54, 1.807) is 0 Å². The minimum atomic E-state index is -0.0984. The van der Waals surface area contributed by atoms with E-state index in [-0.39, 0.29) is 11.8 Å². The standard InChI is InChI=1S/C8H15NO/c1-3-5-6(4-2)7(5)8(9)10/h5-7H,3-4H2,1-2H3,(H2,9,10)/t5-,6+,7+. The van der Waals surface area contributed by atoms with Crippen LogP contribution in [0.25, 0.3) is 0 Å². The fourth-order valence-corrected chi connectivity index (χ4v) is 1.98. The highest BCUT2D eigenvalue weighted by Crippen LogP contribution is 2.50. The quantitative estimate of drug-likeness (QED) is 0.629. The highest BCUT2D eigenvalue weighted by atomic mass is 16.1. The van der Waals surface area contributed by atoms with Crippen molar-refractivity contribution >= 4 is 5.91 Å². The van der Waals surface area contributed by atoms with Gasteiger partial charge in [0.15, 0.2) is 0 Å². The third kappa shape index (κ3) is 1.02. The molecule has 1 amide bonds. The van der Waals surface area contributed by atoms with Crippen LogP contribution in [0, 0.1) is 17.8 Å². The summed E-state index contributed by atoms with van der Waals surface area (Å²) >= 11 is 0. The molecule has 0 aliphatic heterocycles. The summed E-state index contributed by atoms with van der Waals surface area (Å²) in [7, 11) is 0. The van der Waals surface area contributed by atoms with Gasteiger partial charge in [-0.05, 0) is 11.8 Å². The zero-order valence-electron chi connectivity index (χ0n) is 6.63. The van der Waals surface area contributed by atoms with Crippen molar-refractivity contribution in [2.24, 2.45) is 23.5 Å². The first kappa shape index (κ1) is 7.58. The van der Waals surface area contributed by atoms with E-state index in [2.05, 4.69) is 13.8 Å². The average molecular weight is 141 g/mol. The molecule has 2 nitrogen and oxygen atoms in total. The fourth-order valence-electron chi connectivity index (χ4n) is 1.98. The number of nitrogens with two attached hydrogens (primary N) is 1. The largest absolute Gasteiger partial charge is 0.369 e. The lowest BCUT2D eigenvalue weighted by Gasteiger charge is -1.86. The van der Waals surface area contributed by atoms with Crippen LogP contribution in [-0.2, 0) is 4.79 Å². The molecule has 10 heavy (non-hydrogen) atoms. The molecule has 2 N–H and O–H groups in total. The Bertz CT molecular complexity index is 134. The molecule has 1 aliphatic carbocycles. The van der Waals surface area contributed by atoms with Crippen molar-refractivity contribution in [3.63, 3.8) is 0 Å². The Morgan fingerprint density at radius 1 is 1.30 bits per heavy atom. The molecule has 0 heterocycles. The highest BCUT2D eigenvalue weighted by molar-refractivity contribution is 5.80. The Labute approximate surface area is 61.8 Å². The molecule has 0 aromatic heterocycles. The molecule has 58 valence electrons. The van der Waals surface area contributed by atoms with Gasteiger partial charge >= 0.3 is 0 Å². The molecule has 1 fully saturated rings. The lowest BCUT2D eigenvalue weighted by Crippen LogP contribution is -2.14. The zero-order valence-corrected chi connectivity index (χ0v) is 6.63. The molecule has 1 saturated carbocycles. The summed E-state index contributed by atoms with van der Waals surface area (Å²) in [5.41, 5.74) is 5.19. The highest BCUT2D eigenvalue weighted by Gasteiger charge is 2.50. The minimum absolute atomic E-state index is 0.0984. The van der Waals surface area contributed by atoms with Crippen molar-refractivity contribution in [2.45, 2.75) is 26.7 Å². The summed E-state index contributed by atoms with van der Waals surface area (Å²) < 4.78 is 0. The Balaban J connectivity index is 2.44. The maximum Gasteiger partial charge on any atom is 0.221 e. The van der Waals surface area contributed by atoms with E-state index in [4.69, 9.17) is 5.73 Å². The molecular formula is C8H15NO. The third-order valence-corrected chi connectivity index (χ3v) is 2.60. The van der Waals surface area contributed by atoms with Crippen LogP contribution in [0.1, 0.15) is 26.7 Å². The second-order valence-corrected chi connectivity index (χ2v) is 3.07. The molecule has 0 radical (unpaired) electrons. The van der Waals surface area contributed by atoms with Gasteiger partial charge in [-0.3, -0.25) is 4.79 Å². The Morgan fingerprint density at radius 3 is 1.80 bits per heavy atom. The van der Waals surface area contributed by atoms with Gasteiger partial charge in [-0.1, -0.05) is 26.7 Å². The second-order valence-electron chi connectivity index (χ2n) is 3.07. The predicted molar refractivity (Wildman–Crippen MR) is 40.2 cm³/mol. The number of rotatable bonds is 3. The number of carbonyl (C=O) groups excluding carboxylic acids is 1. The van der Waals surface area contributed by atoms with Crippen molar-refractivity contribution in [1.29, 1.82) is 0 Å². The third-order valence-electron chi connectivity index (χ3n) is 2.60. The maximum absolute atomic E-state index is 10.7. The van der Waals surface area contributed by atoms with Gasteiger partial charge in [-0.15, -0.1) is 0 Å². The SMILES string of the molecule is CC[C@@H]1[C@H](CC)[C@H]1C(N)=O. The van der Waals surface area contributed by atoms with Crippen LogP contribution < -0.4 is 5.73 Å². The van der Waals surface area contributed by atoms with Crippen molar-refractivity contribution in [3.05, 3.63) is 0 Å². The van der Waals surface area contributed by atoms with Crippen LogP contribution in [0.5, 0.6) is 0 Å². The van der Waals surface area contributed by atoms with Crippen molar-refractivity contribution < 1.29 is 4.79 Å². The van der Waals surface area contributed by atoms with E-state index in [0.717, 1.165) is 12.8 Å². The number of primary amides is 1. The van der Waals surface area contributed by atoms with Gasteiger partial charge in [0.05, 0.1) is 0 Å². The smallest absolute Gasteiger partial charge is 0.221 e. The van der Waals surface area contributed by atoms with Gasteiger partial charge in [-0.2, -0.15) is 0 Å². The number of carbonyl (C=O) groups is 1. The normalized spacial score (nSPS) is 37.6. The van der Waals surface area contributed by atoms with Gasteiger partial charge in [0.2, 0.25) is 5.91 Å². The van der Waals surface area contributed by atoms with E-state index in [9.17, 15) is 4.79 Å². The summed E-state index contributed by atoms with van der Waals surface area (Å²) in [6, 6.07) is 0. The van der Waals surface area contributed by atoms with E-state index >= 15 is 0 Å². The van der Waals surface area contributed by atoms with Crippen LogP contribution in [-0.4, -0.2) is 5.91 Å². The van der Waals surface area contributed by atoms with E-state index in [1.165, 1.54) is 0 Å². The summed E-state index contributed by atoms with van der Waals surface area (Å²) in [6.45, 7) is 4.24. The molecule has 2 heteroatoms. The molecule has 0 aromatic carbocycles. The molecule has 0 saturated heterocycles. The summed E-state index contributed by atoms with van der Waals surface area (Å²) in [4.78, 5) is 10.7. The number of hydrogen-bond donors (Lipinski definition) is 1. The Kier molecular flexibility index (Phi) is 1.97. The first-order chi connectivity index (χ1) is 4.72. The molecular weight excluding hydrogens is 126 g/mol. The molecule has 0 unspecified atom stereocenters. The van der Waals surface area contributed by atoms with Gasteiger partial charge < -0.3 is 5.73 Å². The zero-order chi connectivity index (χ0) is 7.72. The van der Waals surface area contributed by atoms with Crippen LogP contribution in [0.15, 0.2) is 0 Å². The molecule has 0 spiro atoms. The van der Waals surface area contributed by atoms with E-state index in [1.807, 2.05) is 0 Å². The van der Waals surface area contributed by atoms with Gasteiger partial charge in [0, 0.05) is 5.92 Å². The maximum atomic E-state index is 10.7. The van der Waals surface area contributed by atoms with Crippen LogP contribution in [0.3, 0.4) is 0 Å². The Morgan fingerprint density at radius 2 is 1.70 bits per heavy atom. The van der Waals surface area contributed by atoms with Gasteiger partial charge in [0.1, 0.15) is 0 Å². The average Bonchev–Trinajstić information content (AvgIpc) is 2.60. The number of amides is 1. The summed E-state index contributed by atoms with van der Waals surface area (Å²) in [5, 5.41) is 0. The lowest BCUT2D eigenvalue weighted by molar-refractivity contribution is -0.119. The van der Waals surface area contributed by atoms with Crippen molar-refractivity contribution in [2.75, 3.05) is 0 Å². The first-order valence-electron chi connectivity index (χ1n) is 4.01. The van der Waals surface area contributed by atoms with Crippen LogP contribution >= 0.6 is 0 Å². The predicted octanol–water partition coefficient (Wildman–Crippen LogP) is 1.15. The molecule has 0 aromatic rings. The van der Waals surface area contributed by atoms with Gasteiger partial charge in [-0.25, -0.2) is 0 Å². The Hall–Kier alpha value is -0.530. The monoisotopic (exact) mass is 141 g/mol. The minimum Gasteiger partial charge on any atom is -0.369 e. The van der Waals surface area contributed by atoms with Crippen molar-refractivity contribution in [3.8, 4) is 0 Å². The summed E-state index contributed by atoms with van der Waals surface area (Å²) in [6.07, 6.45) is 2.21. The van der Waals surface area contributed by atoms with E-state index < -0.39 is 0 Å². The van der Waals surface area contributed by atoms with Crippen molar-refractivity contribution in [1.82, 2.24) is 0 Å². The number of hydrogen-bond acceptors (Lipinski definition) is 1. The topological polar surface area (TPSA) is 43.1 Å². The first-order valence-corrected chi connectivity index (χ1v) is 4.01. The molecule has 0 bridgehead atoms. The fraction of sp³-hybridized carbons (Fsp3) is 0.875. The van der Waals surface area contributed by atoms with Crippen LogP contribution in [0.4, 0.5) is 0 Å². The summed E-state index contributed by atoms with van der Waals surface area (Å²) in [5.74, 6) is 1.30. The second kappa shape index (κ2) is 2.60. The van der Waals surface area contributed by atoms with Crippen LogP contribution in [0.2, 0.25) is 0 Å². The van der Waals surface area contributed by atoms with Gasteiger partial charge in [0.25, 0.3) is 0 Å². The lowest BCUT2D eigenvalue weighted by atomic mass is 10.2.